The molecule has 0 saturated heterocycles. The zero-order valence-electron chi connectivity index (χ0n) is 28.2. The monoisotopic (exact) mass is 838 g/mol. The van der Waals surface area contributed by atoms with Crippen LogP contribution in [0.25, 0.3) is 21.9 Å². The second kappa shape index (κ2) is 16.2. The molecule has 0 amide bonds. The first kappa shape index (κ1) is 40.0. The second-order valence-electron chi connectivity index (χ2n) is 11.2. The molecule has 1 heterocycles. The van der Waals surface area contributed by atoms with Crippen LogP contribution in [0.1, 0.15) is 10.4 Å². The number of nitrogens with two attached hydrogens (primary N) is 2. The number of nitrogens with one attached hydrogen (secondary N) is 2. The van der Waals surface area contributed by atoms with Crippen LogP contribution < -0.4 is 26.6 Å². The number of aromatic hydroxyl groups is 2. The molecule has 22 nitrogen and oxygen atoms in total. The number of aromatic nitrogens is 3. The number of fused-ring (bicyclic) bond motifs is 1. The van der Waals surface area contributed by atoms with Gasteiger partial charge in [-0.2, -0.15) is 52.1 Å². The van der Waals surface area contributed by atoms with Crippen LogP contribution in [-0.4, -0.2) is 61.8 Å². The number of rotatable bonds is 14. The molecule has 0 radical (unpaired) electrons. The first-order valence-electron chi connectivity index (χ1n) is 15.4. The summed E-state index contributed by atoms with van der Waals surface area (Å²) in [5, 5.41) is 44.6. The summed E-state index contributed by atoms with van der Waals surface area (Å²) in [5.41, 5.74) is -0.248. The molecule has 9 N–H and O–H groups in total. The minimum Gasteiger partial charge on any atom is -0.740 e. The lowest BCUT2D eigenvalue weighted by molar-refractivity contribution is 0.0697. The third kappa shape index (κ3) is 8.90. The summed E-state index contributed by atoms with van der Waals surface area (Å²) in [6.45, 7) is 0. The lowest BCUT2D eigenvalue weighted by Gasteiger charge is -2.17. The van der Waals surface area contributed by atoms with E-state index in [4.69, 9.17) is 16.0 Å². The van der Waals surface area contributed by atoms with Crippen molar-refractivity contribution in [3.8, 4) is 28.6 Å². The number of anilines is 4. The number of carbonyl (C=O) groups is 1. The lowest BCUT2D eigenvalue weighted by atomic mass is 10.0. The van der Waals surface area contributed by atoms with Crippen LogP contribution in [0.15, 0.2) is 111 Å². The molecule has 0 aliphatic heterocycles. The van der Waals surface area contributed by atoms with Gasteiger partial charge in [-0.1, -0.05) is 42.5 Å². The molecule has 1 atom stereocenters. The summed E-state index contributed by atoms with van der Waals surface area (Å²) in [5.74, 6) is 6.02. The van der Waals surface area contributed by atoms with E-state index >= 15 is 0 Å². The molecule has 294 valence electrons. The van der Waals surface area contributed by atoms with Crippen molar-refractivity contribution in [3.63, 3.8) is 0 Å². The van der Waals surface area contributed by atoms with E-state index in [-0.39, 0.29) is 44.2 Å². The van der Waals surface area contributed by atoms with E-state index < -0.39 is 71.6 Å². The molecule has 0 fully saturated rings. The second-order valence-corrected chi connectivity index (χ2v) is 14.9. The smallest absolute Gasteiger partial charge is 0.337 e. The van der Waals surface area contributed by atoms with E-state index in [0.717, 1.165) is 24.3 Å². The molecule has 25 heteroatoms. The summed E-state index contributed by atoms with van der Waals surface area (Å²) in [7, 11) is -9.03. The Balaban J connectivity index is 1.48. The molecule has 6 rings (SSSR count). The Bertz CT molecular complexity index is 2830. The Morgan fingerprint density at radius 1 is 0.772 bits per heavy atom. The standard InChI is InChI=1S/C32H25N9O13S3/c33-53-56(48,49)20-8-4-7-19(14-20)35-30-37-31(39-32(45)38-30)36-24-15-21(57(50,51)54-34)11-18-13-25(52-55(46)47)27(28(42)26(18)24)41-40-23-10-9-17(12-22(23)29(43)44)16-5-2-1-3-6-16/h1-15,42H,33-34H2,(H,43,44)(H,46,47)(H3,35,36,37,38,39,45)/p-1. The summed E-state index contributed by atoms with van der Waals surface area (Å²) in [6, 6.07) is 19.9. The number of azo groups is 1. The molecule has 0 aliphatic carbocycles. The number of phenolic OH excluding ortho intramolecular Hbond substituents is 1. The number of benzene rings is 5. The van der Waals surface area contributed by atoms with Crippen LogP contribution in [0, 0.1) is 0 Å². The van der Waals surface area contributed by atoms with Gasteiger partial charge in [-0.25, -0.2) is 9.00 Å². The number of hydrogen-bond acceptors (Lipinski definition) is 21. The third-order valence-electron chi connectivity index (χ3n) is 7.66. The van der Waals surface area contributed by atoms with E-state index in [0.29, 0.717) is 11.1 Å². The summed E-state index contributed by atoms with van der Waals surface area (Å²) >= 11 is -3.30. The van der Waals surface area contributed by atoms with Gasteiger partial charge in [0.2, 0.25) is 11.9 Å². The summed E-state index contributed by atoms with van der Waals surface area (Å²) in [6.07, 6.45) is 0. The van der Waals surface area contributed by atoms with Gasteiger partial charge in [-0.3, -0.25) is 0 Å². The van der Waals surface area contributed by atoms with E-state index in [1.807, 2.05) is 0 Å². The fourth-order valence-corrected chi connectivity index (χ4v) is 6.76. The Kier molecular flexibility index (Phi) is 11.3. The highest BCUT2D eigenvalue weighted by Gasteiger charge is 2.24. The van der Waals surface area contributed by atoms with Gasteiger partial charge in [-0.15, -0.1) is 10.2 Å². The van der Waals surface area contributed by atoms with Crippen molar-refractivity contribution in [2.24, 2.45) is 22.0 Å². The van der Waals surface area contributed by atoms with Gasteiger partial charge >= 0.3 is 32.2 Å². The number of aromatic carboxylic acids is 1. The van der Waals surface area contributed by atoms with Crippen LogP contribution in [0.3, 0.4) is 0 Å². The Labute approximate surface area is 323 Å². The molecule has 6 aromatic rings. The van der Waals surface area contributed by atoms with Gasteiger partial charge in [-0.05, 0) is 65.0 Å². The third-order valence-corrected chi connectivity index (χ3v) is 10.1. The van der Waals surface area contributed by atoms with Crippen molar-refractivity contribution in [2.45, 2.75) is 9.79 Å². The van der Waals surface area contributed by atoms with Gasteiger partial charge in [0, 0.05) is 11.1 Å². The van der Waals surface area contributed by atoms with E-state index in [1.54, 1.807) is 36.4 Å². The van der Waals surface area contributed by atoms with Crippen molar-refractivity contribution < 1.29 is 58.5 Å². The summed E-state index contributed by atoms with van der Waals surface area (Å²) in [4.78, 5) is 22.8. The largest absolute Gasteiger partial charge is 0.740 e. The predicted molar refractivity (Wildman–Crippen MR) is 198 cm³/mol. The lowest BCUT2D eigenvalue weighted by Crippen LogP contribution is -2.12. The van der Waals surface area contributed by atoms with Gasteiger partial charge in [0.25, 0.3) is 0 Å². The topological polar surface area (TPSA) is 353 Å². The van der Waals surface area contributed by atoms with Crippen LogP contribution in [0.4, 0.5) is 34.6 Å². The molecule has 0 aliphatic rings. The molecule has 5 aromatic carbocycles. The van der Waals surface area contributed by atoms with Crippen molar-refractivity contribution in [2.75, 3.05) is 10.6 Å². The fourth-order valence-electron chi connectivity index (χ4n) is 5.21. The number of nitrogens with zero attached hydrogens (tertiary/aromatic N) is 5. The van der Waals surface area contributed by atoms with E-state index in [9.17, 15) is 45.7 Å². The van der Waals surface area contributed by atoms with E-state index in [1.165, 1.54) is 30.3 Å². The van der Waals surface area contributed by atoms with Crippen LogP contribution >= 0.6 is 0 Å². The quantitative estimate of drug-likeness (QED) is 0.0462. The van der Waals surface area contributed by atoms with Gasteiger partial charge in [0.05, 0.1) is 21.0 Å². The van der Waals surface area contributed by atoms with Crippen molar-refractivity contribution in [1.82, 2.24) is 15.0 Å². The SMILES string of the molecule is NOS(=O)(=O)c1cccc(Nc2nc(O)nc(Nc3cc(S(=O)(=O)ON)cc4cc(OS(=O)[O-])c(N=Nc5ccc(-c6ccccc6)cc5C(=O)O)c(O)c34)n2)c1. The zero-order chi connectivity index (χ0) is 41.1. The molecule has 57 heavy (non-hydrogen) atoms. The Hall–Kier alpha value is -6.71. The molecular weight excluding hydrogens is 815 g/mol. The van der Waals surface area contributed by atoms with Crippen LogP contribution in [0.5, 0.6) is 17.5 Å². The normalized spacial score (nSPS) is 12.4. The average molecular weight is 839 g/mol. The highest BCUT2D eigenvalue weighted by atomic mass is 32.2. The minimum atomic E-state index is -4.71. The van der Waals surface area contributed by atoms with Gasteiger partial charge < -0.3 is 34.7 Å². The average Bonchev–Trinajstić information content (AvgIpc) is 3.17. The number of hydrogen-bond donors (Lipinski definition) is 7. The molecule has 1 aromatic heterocycles. The minimum absolute atomic E-state index is 0.0695. The molecule has 0 saturated carbocycles. The predicted octanol–water partition coefficient (Wildman–Crippen LogP) is 4.03. The van der Waals surface area contributed by atoms with Crippen LogP contribution in [0.2, 0.25) is 0 Å². The maximum absolute atomic E-state index is 12.8. The van der Waals surface area contributed by atoms with Crippen molar-refractivity contribution >= 4 is 83.0 Å². The summed E-state index contributed by atoms with van der Waals surface area (Å²) < 4.78 is 86.1. The van der Waals surface area contributed by atoms with Crippen LogP contribution in [-0.2, 0) is 40.2 Å². The van der Waals surface area contributed by atoms with Gasteiger partial charge in [0.1, 0.15) is 17.0 Å². The number of phenols is 1. The first-order valence-corrected chi connectivity index (χ1v) is 19.2. The molecule has 1 unspecified atom stereocenters. The van der Waals surface area contributed by atoms with E-state index in [2.05, 4.69) is 44.4 Å². The fraction of sp³-hybridized carbons (Fsp3) is 0. The maximum atomic E-state index is 12.8. The zero-order valence-corrected chi connectivity index (χ0v) is 30.6. The Morgan fingerprint density at radius 2 is 1.46 bits per heavy atom. The molecular formula is C32H24N9O13S3-. The highest BCUT2D eigenvalue weighted by Crippen LogP contribution is 2.48. The number of carboxylic acids is 1. The molecule has 0 bridgehead atoms. The first-order chi connectivity index (χ1) is 27.1. The van der Waals surface area contributed by atoms with Crippen molar-refractivity contribution in [3.05, 3.63) is 96.6 Å². The highest BCUT2D eigenvalue weighted by molar-refractivity contribution is 7.87. The van der Waals surface area contributed by atoms with Crippen molar-refractivity contribution in [1.29, 1.82) is 0 Å². The Morgan fingerprint density at radius 3 is 2.12 bits per heavy atom. The van der Waals surface area contributed by atoms with Gasteiger partial charge in [0.15, 0.2) is 17.2 Å². The molecule has 0 spiro atoms. The number of carboxylic acid groups (broad SMARTS) is 1. The maximum Gasteiger partial charge on any atom is 0.337 e.